The Balaban J connectivity index is 1.45. The van der Waals surface area contributed by atoms with E-state index in [-0.39, 0.29) is 17.7 Å². The van der Waals surface area contributed by atoms with Crippen LogP contribution in [0.5, 0.6) is 0 Å². The molecule has 30 heavy (non-hydrogen) atoms. The van der Waals surface area contributed by atoms with E-state index in [0.29, 0.717) is 32.4 Å². The van der Waals surface area contributed by atoms with Crippen LogP contribution in [0.15, 0.2) is 24.3 Å². The van der Waals surface area contributed by atoms with Crippen LogP contribution >= 0.6 is 0 Å². The highest BCUT2D eigenvalue weighted by Crippen LogP contribution is 2.31. The predicted octanol–water partition coefficient (Wildman–Crippen LogP) is 2.32. The molecular formula is C23H29N5O2. The molecule has 7 heteroatoms. The predicted molar refractivity (Wildman–Crippen MR) is 117 cm³/mol. The van der Waals surface area contributed by atoms with Crippen LogP contribution in [0, 0.1) is 6.92 Å². The SMILES string of the molecule is Cc1nc([C@@H]2CCN(C(=O)Cc3ccc(N(C)C)cc3)C2)nc2c1CCC(=O)N2C. The van der Waals surface area contributed by atoms with Crippen molar-refractivity contribution in [3.05, 3.63) is 46.9 Å². The van der Waals surface area contributed by atoms with Crippen LogP contribution in [0.2, 0.25) is 0 Å². The normalized spacial score (nSPS) is 18.5. The minimum absolute atomic E-state index is 0.0926. The van der Waals surface area contributed by atoms with Crippen LogP contribution in [0.4, 0.5) is 11.5 Å². The summed E-state index contributed by atoms with van der Waals surface area (Å²) in [4.78, 5) is 40.0. The van der Waals surface area contributed by atoms with E-state index in [9.17, 15) is 9.59 Å². The maximum Gasteiger partial charge on any atom is 0.228 e. The largest absolute Gasteiger partial charge is 0.378 e. The van der Waals surface area contributed by atoms with Gasteiger partial charge in [0.05, 0.1) is 6.42 Å². The fourth-order valence-corrected chi connectivity index (χ4v) is 4.27. The number of likely N-dealkylation sites (tertiary alicyclic amines) is 1. The molecule has 0 N–H and O–H groups in total. The quantitative estimate of drug-likeness (QED) is 0.778. The second-order valence-electron chi connectivity index (χ2n) is 8.49. The molecule has 2 aromatic rings. The molecule has 4 rings (SSSR count). The highest BCUT2D eigenvalue weighted by Gasteiger charge is 2.32. The fraction of sp³-hybridized carbons (Fsp3) is 0.478. The number of anilines is 2. The third-order valence-corrected chi connectivity index (χ3v) is 6.20. The first-order valence-electron chi connectivity index (χ1n) is 10.5. The second-order valence-corrected chi connectivity index (χ2v) is 8.49. The second kappa shape index (κ2) is 8.05. The van der Waals surface area contributed by atoms with Crippen molar-refractivity contribution < 1.29 is 9.59 Å². The minimum atomic E-state index is 0.0926. The molecule has 0 saturated carbocycles. The zero-order chi connectivity index (χ0) is 21.4. The number of rotatable bonds is 4. The topological polar surface area (TPSA) is 69.6 Å². The number of nitrogens with zero attached hydrogens (tertiary/aromatic N) is 5. The molecule has 2 amide bonds. The fourth-order valence-electron chi connectivity index (χ4n) is 4.27. The van der Waals surface area contributed by atoms with Gasteiger partial charge in [-0.15, -0.1) is 0 Å². The summed E-state index contributed by atoms with van der Waals surface area (Å²) in [7, 11) is 5.79. The van der Waals surface area contributed by atoms with E-state index in [4.69, 9.17) is 9.97 Å². The molecule has 0 bridgehead atoms. The third kappa shape index (κ3) is 3.88. The Kier molecular flexibility index (Phi) is 5.45. The van der Waals surface area contributed by atoms with E-state index in [1.54, 1.807) is 11.9 Å². The molecule has 1 fully saturated rings. The third-order valence-electron chi connectivity index (χ3n) is 6.20. The Hall–Kier alpha value is -2.96. The van der Waals surface area contributed by atoms with Crippen molar-refractivity contribution in [1.82, 2.24) is 14.9 Å². The van der Waals surface area contributed by atoms with Crippen molar-refractivity contribution in [1.29, 1.82) is 0 Å². The summed E-state index contributed by atoms with van der Waals surface area (Å²) >= 11 is 0. The first-order chi connectivity index (χ1) is 14.3. The summed E-state index contributed by atoms with van der Waals surface area (Å²) in [6.45, 7) is 3.33. The average Bonchev–Trinajstić information content (AvgIpc) is 3.22. The molecule has 0 aliphatic carbocycles. The number of amides is 2. The molecule has 0 radical (unpaired) electrons. The molecule has 1 aromatic carbocycles. The molecule has 2 aliphatic rings. The Labute approximate surface area is 177 Å². The lowest BCUT2D eigenvalue weighted by Gasteiger charge is -2.26. The van der Waals surface area contributed by atoms with E-state index in [1.807, 2.05) is 55.1 Å². The lowest BCUT2D eigenvalue weighted by molar-refractivity contribution is -0.129. The lowest BCUT2D eigenvalue weighted by Crippen LogP contribution is -2.33. The molecule has 0 spiro atoms. The molecule has 1 saturated heterocycles. The molecule has 158 valence electrons. The molecule has 7 nitrogen and oxygen atoms in total. The molecule has 0 unspecified atom stereocenters. The number of hydrogen-bond acceptors (Lipinski definition) is 5. The van der Waals surface area contributed by atoms with E-state index in [0.717, 1.165) is 40.6 Å². The van der Waals surface area contributed by atoms with Crippen LogP contribution in [0.25, 0.3) is 0 Å². The summed E-state index contributed by atoms with van der Waals surface area (Å²) < 4.78 is 0. The van der Waals surface area contributed by atoms with Crippen molar-refractivity contribution in [2.45, 2.75) is 38.5 Å². The Morgan fingerprint density at radius 2 is 1.90 bits per heavy atom. The number of aromatic nitrogens is 2. The summed E-state index contributed by atoms with van der Waals surface area (Å²) in [5, 5.41) is 0. The lowest BCUT2D eigenvalue weighted by atomic mass is 10.0. The van der Waals surface area contributed by atoms with Crippen LogP contribution in [-0.4, -0.2) is 60.9 Å². The number of aryl methyl sites for hydroxylation is 1. The standard InChI is InChI=1S/C23H29N5O2/c1-15-19-9-10-20(29)27(4)23(19)25-22(24-15)17-11-12-28(14-17)21(30)13-16-5-7-18(8-6-16)26(2)3/h5-8,17H,9-14H2,1-4H3/t17-/m1/s1. The summed E-state index contributed by atoms with van der Waals surface area (Å²) in [6.07, 6.45) is 2.46. The van der Waals surface area contributed by atoms with Crippen molar-refractivity contribution in [3.63, 3.8) is 0 Å². The Bertz CT molecular complexity index is 970. The van der Waals surface area contributed by atoms with E-state index in [2.05, 4.69) is 0 Å². The van der Waals surface area contributed by atoms with E-state index >= 15 is 0 Å². The van der Waals surface area contributed by atoms with Gasteiger partial charge in [0.15, 0.2) is 0 Å². The van der Waals surface area contributed by atoms with Gasteiger partial charge in [-0.3, -0.25) is 14.5 Å². The molecule has 1 atom stereocenters. The number of carbonyl (C=O) groups is 2. The molecular weight excluding hydrogens is 378 g/mol. The van der Waals surface area contributed by atoms with Gasteiger partial charge in [0.2, 0.25) is 11.8 Å². The zero-order valence-corrected chi connectivity index (χ0v) is 18.2. The molecule has 2 aliphatic heterocycles. The first-order valence-corrected chi connectivity index (χ1v) is 10.5. The summed E-state index contributed by atoms with van der Waals surface area (Å²) in [6, 6.07) is 8.11. The Morgan fingerprint density at radius 3 is 2.60 bits per heavy atom. The maximum atomic E-state index is 12.8. The minimum Gasteiger partial charge on any atom is -0.378 e. The van der Waals surface area contributed by atoms with Crippen LogP contribution in [0.3, 0.4) is 0 Å². The van der Waals surface area contributed by atoms with Crippen LogP contribution in [-0.2, 0) is 22.4 Å². The van der Waals surface area contributed by atoms with Gasteiger partial charge in [0.25, 0.3) is 0 Å². The van der Waals surface area contributed by atoms with E-state index in [1.165, 1.54) is 0 Å². The highest BCUT2D eigenvalue weighted by atomic mass is 16.2. The zero-order valence-electron chi connectivity index (χ0n) is 18.2. The van der Waals surface area contributed by atoms with Gasteiger partial charge >= 0.3 is 0 Å². The van der Waals surface area contributed by atoms with Crippen molar-refractivity contribution in [3.8, 4) is 0 Å². The number of carbonyl (C=O) groups excluding carboxylic acids is 2. The number of fused-ring (bicyclic) bond motifs is 1. The number of hydrogen-bond donors (Lipinski definition) is 0. The maximum absolute atomic E-state index is 12.8. The summed E-state index contributed by atoms with van der Waals surface area (Å²) in [5.41, 5.74) is 4.15. The van der Waals surface area contributed by atoms with Crippen LogP contribution < -0.4 is 9.80 Å². The van der Waals surface area contributed by atoms with Gasteiger partial charge in [0, 0.05) is 63.5 Å². The van der Waals surface area contributed by atoms with Crippen molar-refractivity contribution in [2.75, 3.05) is 44.0 Å². The average molecular weight is 408 g/mol. The van der Waals surface area contributed by atoms with E-state index < -0.39 is 0 Å². The van der Waals surface area contributed by atoms with Crippen LogP contribution in [0.1, 0.15) is 41.4 Å². The first kappa shape index (κ1) is 20.3. The van der Waals surface area contributed by atoms with Gasteiger partial charge in [-0.2, -0.15) is 0 Å². The van der Waals surface area contributed by atoms with Gasteiger partial charge < -0.3 is 9.80 Å². The summed E-state index contributed by atoms with van der Waals surface area (Å²) in [5.74, 6) is 1.82. The van der Waals surface area contributed by atoms with Crippen molar-refractivity contribution in [2.24, 2.45) is 0 Å². The van der Waals surface area contributed by atoms with Gasteiger partial charge in [-0.25, -0.2) is 9.97 Å². The number of benzene rings is 1. The monoisotopic (exact) mass is 407 g/mol. The van der Waals surface area contributed by atoms with Crippen molar-refractivity contribution >= 4 is 23.3 Å². The highest BCUT2D eigenvalue weighted by molar-refractivity contribution is 5.94. The smallest absolute Gasteiger partial charge is 0.228 e. The van der Waals surface area contributed by atoms with Gasteiger partial charge in [0.1, 0.15) is 11.6 Å². The Morgan fingerprint density at radius 1 is 1.17 bits per heavy atom. The van der Waals surface area contributed by atoms with Gasteiger partial charge in [-0.05, 0) is 37.5 Å². The molecule has 1 aromatic heterocycles. The van der Waals surface area contributed by atoms with Gasteiger partial charge in [-0.1, -0.05) is 12.1 Å². The molecule has 3 heterocycles.